The van der Waals surface area contributed by atoms with Gasteiger partial charge in [-0.3, -0.25) is 4.98 Å². The molecule has 1 atom stereocenters. The minimum Gasteiger partial charge on any atom is -0.497 e. The van der Waals surface area contributed by atoms with Crippen molar-refractivity contribution >= 4 is 11.3 Å². The summed E-state index contributed by atoms with van der Waals surface area (Å²) in [6.45, 7) is 0. The second-order valence-electron chi connectivity index (χ2n) is 3.99. The van der Waals surface area contributed by atoms with E-state index in [0.29, 0.717) is 0 Å². The molecule has 2 N–H and O–H groups in total. The lowest BCUT2D eigenvalue weighted by Gasteiger charge is -2.11. The summed E-state index contributed by atoms with van der Waals surface area (Å²) in [7, 11) is 1.68. The maximum Gasteiger partial charge on any atom is 0.119 e. The molecule has 0 bridgehead atoms. The van der Waals surface area contributed by atoms with E-state index in [-0.39, 0.29) is 6.04 Å². The van der Waals surface area contributed by atoms with Crippen LogP contribution in [0.1, 0.15) is 10.4 Å². The smallest absolute Gasteiger partial charge is 0.119 e. The molecule has 1 aromatic heterocycles. The van der Waals surface area contributed by atoms with E-state index in [1.165, 1.54) is 10.4 Å². The number of hydrogen-bond acceptors (Lipinski definition) is 4. The van der Waals surface area contributed by atoms with Crippen LogP contribution in [0.25, 0.3) is 0 Å². The number of ether oxygens (including phenoxy) is 1. The van der Waals surface area contributed by atoms with Crippen molar-refractivity contribution in [3.05, 3.63) is 46.4 Å². The van der Waals surface area contributed by atoms with Gasteiger partial charge in [-0.2, -0.15) is 0 Å². The van der Waals surface area contributed by atoms with Crippen molar-refractivity contribution in [3.63, 3.8) is 0 Å². The van der Waals surface area contributed by atoms with E-state index in [4.69, 9.17) is 10.5 Å². The normalized spacial score (nSPS) is 12.4. The van der Waals surface area contributed by atoms with Gasteiger partial charge in [0.25, 0.3) is 0 Å². The lowest BCUT2D eigenvalue weighted by atomic mass is 10.0. The highest BCUT2D eigenvalue weighted by Gasteiger charge is 2.07. The van der Waals surface area contributed by atoms with Crippen molar-refractivity contribution in [1.29, 1.82) is 0 Å². The topological polar surface area (TPSA) is 48.1 Å². The molecule has 0 spiro atoms. The van der Waals surface area contributed by atoms with Crippen molar-refractivity contribution in [2.45, 2.75) is 18.9 Å². The van der Waals surface area contributed by atoms with Gasteiger partial charge in [-0.05, 0) is 30.5 Å². The van der Waals surface area contributed by atoms with Crippen LogP contribution in [0.5, 0.6) is 5.75 Å². The zero-order valence-electron chi connectivity index (χ0n) is 9.80. The lowest BCUT2D eigenvalue weighted by Crippen LogP contribution is -2.25. The molecule has 1 unspecified atom stereocenters. The van der Waals surface area contributed by atoms with Crippen molar-refractivity contribution in [2.24, 2.45) is 5.73 Å². The van der Waals surface area contributed by atoms with Crippen LogP contribution in [0.4, 0.5) is 0 Å². The van der Waals surface area contributed by atoms with Gasteiger partial charge in [-0.25, -0.2) is 0 Å². The molecule has 4 heteroatoms. The number of aromatic nitrogens is 1. The van der Waals surface area contributed by atoms with Crippen LogP contribution in [0.3, 0.4) is 0 Å². The van der Waals surface area contributed by atoms with Crippen LogP contribution >= 0.6 is 11.3 Å². The first-order valence-electron chi connectivity index (χ1n) is 5.54. The SMILES string of the molecule is COc1cccc(CC(N)Cc2cncs2)c1. The third kappa shape index (κ3) is 3.54. The lowest BCUT2D eigenvalue weighted by molar-refractivity contribution is 0.414. The zero-order chi connectivity index (χ0) is 12.1. The average Bonchev–Trinajstić information content (AvgIpc) is 2.82. The van der Waals surface area contributed by atoms with Crippen LogP contribution < -0.4 is 10.5 Å². The molecule has 0 amide bonds. The van der Waals surface area contributed by atoms with Gasteiger partial charge in [0.05, 0.1) is 12.6 Å². The molecule has 2 rings (SSSR count). The number of benzene rings is 1. The molecular formula is C13H16N2OS. The van der Waals surface area contributed by atoms with E-state index in [1.807, 2.05) is 29.9 Å². The van der Waals surface area contributed by atoms with Crippen molar-refractivity contribution in [1.82, 2.24) is 4.98 Å². The Hall–Kier alpha value is -1.39. The first-order chi connectivity index (χ1) is 8.28. The van der Waals surface area contributed by atoms with Crippen LogP contribution in [0, 0.1) is 0 Å². The van der Waals surface area contributed by atoms with Crippen molar-refractivity contribution in [3.8, 4) is 5.75 Å². The molecule has 1 aromatic carbocycles. The van der Waals surface area contributed by atoms with E-state index in [9.17, 15) is 0 Å². The fourth-order valence-electron chi connectivity index (χ4n) is 1.78. The number of methoxy groups -OCH3 is 1. The van der Waals surface area contributed by atoms with E-state index >= 15 is 0 Å². The summed E-state index contributed by atoms with van der Waals surface area (Å²) in [4.78, 5) is 5.29. The Balaban J connectivity index is 1.95. The van der Waals surface area contributed by atoms with Crippen LogP contribution in [0.2, 0.25) is 0 Å². The molecule has 3 nitrogen and oxygen atoms in total. The molecular weight excluding hydrogens is 232 g/mol. The number of hydrogen-bond donors (Lipinski definition) is 1. The molecule has 2 aromatic rings. The van der Waals surface area contributed by atoms with Gasteiger partial charge in [0.2, 0.25) is 0 Å². The standard InChI is InChI=1S/C13H16N2OS/c1-16-12-4-2-3-10(6-12)5-11(14)7-13-8-15-9-17-13/h2-4,6,8-9,11H,5,7,14H2,1H3. The summed E-state index contributed by atoms with van der Waals surface area (Å²) in [6, 6.07) is 8.18. The maximum atomic E-state index is 6.13. The highest BCUT2D eigenvalue weighted by atomic mass is 32.1. The monoisotopic (exact) mass is 248 g/mol. The Labute approximate surface area is 105 Å². The highest BCUT2D eigenvalue weighted by molar-refractivity contribution is 7.09. The molecule has 0 aliphatic heterocycles. The maximum absolute atomic E-state index is 6.13. The molecule has 90 valence electrons. The van der Waals surface area contributed by atoms with E-state index in [2.05, 4.69) is 11.1 Å². The largest absolute Gasteiger partial charge is 0.497 e. The predicted molar refractivity (Wildman–Crippen MR) is 70.5 cm³/mol. The second-order valence-corrected chi connectivity index (χ2v) is 4.96. The molecule has 0 saturated carbocycles. The highest BCUT2D eigenvalue weighted by Crippen LogP contribution is 2.15. The Morgan fingerprint density at radius 2 is 2.29 bits per heavy atom. The number of rotatable bonds is 5. The van der Waals surface area contributed by atoms with Gasteiger partial charge in [-0.15, -0.1) is 11.3 Å². The molecule has 0 saturated heterocycles. The van der Waals surface area contributed by atoms with Crippen molar-refractivity contribution in [2.75, 3.05) is 7.11 Å². The summed E-state index contributed by atoms with van der Waals surface area (Å²) in [5.41, 5.74) is 9.18. The minimum absolute atomic E-state index is 0.127. The average molecular weight is 248 g/mol. The Kier molecular flexibility index (Phi) is 4.12. The summed E-state index contributed by atoms with van der Waals surface area (Å²) >= 11 is 1.65. The van der Waals surface area contributed by atoms with Crippen LogP contribution in [0.15, 0.2) is 36.0 Å². The summed E-state index contributed by atoms with van der Waals surface area (Å²) in [5.74, 6) is 0.882. The van der Waals surface area contributed by atoms with E-state index in [1.54, 1.807) is 18.4 Å². The third-order valence-corrected chi connectivity index (χ3v) is 3.38. The van der Waals surface area contributed by atoms with Crippen LogP contribution in [-0.4, -0.2) is 18.1 Å². The Morgan fingerprint density at radius 3 is 3.00 bits per heavy atom. The quantitative estimate of drug-likeness (QED) is 0.883. The molecule has 0 aliphatic carbocycles. The third-order valence-electron chi connectivity index (χ3n) is 2.58. The zero-order valence-corrected chi connectivity index (χ0v) is 10.6. The van der Waals surface area contributed by atoms with Gasteiger partial charge >= 0.3 is 0 Å². The van der Waals surface area contributed by atoms with Gasteiger partial charge in [0.15, 0.2) is 0 Å². The minimum atomic E-state index is 0.127. The fourth-order valence-corrected chi connectivity index (χ4v) is 2.46. The van der Waals surface area contributed by atoms with E-state index < -0.39 is 0 Å². The predicted octanol–water partition coefficient (Wildman–Crippen LogP) is 2.26. The summed E-state index contributed by atoms with van der Waals surface area (Å²) in [5, 5.41) is 0. The first kappa shape index (κ1) is 12.1. The van der Waals surface area contributed by atoms with Gasteiger partial charge in [0, 0.05) is 17.1 Å². The first-order valence-corrected chi connectivity index (χ1v) is 6.42. The van der Waals surface area contributed by atoms with Gasteiger partial charge < -0.3 is 10.5 Å². The number of nitrogens with two attached hydrogens (primary N) is 1. The van der Waals surface area contributed by atoms with E-state index in [0.717, 1.165) is 18.6 Å². The van der Waals surface area contributed by atoms with Crippen molar-refractivity contribution < 1.29 is 4.74 Å². The van der Waals surface area contributed by atoms with Gasteiger partial charge in [0.1, 0.15) is 5.75 Å². The number of thiazole rings is 1. The molecule has 0 radical (unpaired) electrons. The Bertz CT molecular complexity index is 456. The summed E-state index contributed by atoms with van der Waals surface area (Å²) in [6.07, 6.45) is 3.62. The molecule has 17 heavy (non-hydrogen) atoms. The molecule has 0 fully saturated rings. The molecule has 1 heterocycles. The molecule has 0 aliphatic rings. The number of nitrogens with zero attached hydrogens (tertiary/aromatic N) is 1. The van der Waals surface area contributed by atoms with Gasteiger partial charge in [-0.1, -0.05) is 12.1 Å². The summed E-state index contributed by atoms with van der Waals surface area (Å²) < 4.78 is 5.19. The fraction of sp³-hybridized carbons (Fsp3) is 0.308. The Morgan fingerprint density at radius 1 is 1.41 bits per heavy atom. The second kappa shape index (κ2) is 5.80. The van der Waals surface area contributed by atoms with Crippen LogP contribution in [-0.2, 0) is 12.8 Å².